The van der Waals surface area contributed by atoms with Crippen molar-refractivity contribution in [2.45, 2.75) is 0 Å². The molecule has 0 atom stereocenters. The molecule has 0 aliphatic carbocycles. The number of fused-ring (bicyclic) bond motifs is 1. The predicted octanol–water partition coefficient (Wildman–Crippen LogP) is 3.77. The lowest BCUT2D eigenvalue weighted by molar-refractivity contribution is 0.102. The monoisotopic (exact) mass is 284 g/mol. The Morgan fingerprint density at radius 2 is 1.86 bits per heavy atom. The zero-order valence-electron chi connectivity index (χ0n) is 10.8. The van der Waals surface area contributed by atoms with Crippen LogP contribution in [0.25, 0.3) is 10.9 Å². The van der Waals surface area contributed by atoms with Crippen LogP contribution in [0.1, 0.15) is 10.4 Å². The van der Waals surface area contributed by atoms with Crippen LogP contribution in [0, 0.1) is 11.6 Å². The van der Waals surface area contributed by atoms with Gasteiger partial charge in [0.1, 0.15) is 0 Å². The number of pyridine rings is 1. The van der Waals surface area contributed by atoms with E-state index >= 15 is 0 Å². The van der Waals surface area contributed by atoms with E-state index in [1.54, 1.807) is 36.5 Å². The highest BCUT2D eigenvalue weighted by Gasteiger charge is 2.11. The Morgan fingerprint density at radius 1 is 1.00 bits per heavy atom. The van der Waals surface area contributed by atoms with Crippen molar-refractivity contribution in [3.05, 3.63) is 71.9 Å². The van der Waals surface area contributed by atoms with Gasteiger partial charge in [0, 0.05) is 28.9 Å². The summed E-state index contributed by atoms with van der Waals surface area (Å²) in [6, 6.07) is 11.9. The van der Waals surface area contributed by atoms with Gasteiger partial charge in [-0.2, -0.15) is 0 Å². The summed E-state index contributed by atoms with van der Waals surface area (Å²) in [4.78, 5) is 16.4. The van der Waals surface area contributed by atoms with Gasteiger partial charge in [0.15, 0.2) is 11.6 Å². The van der Waals surface area contributed by atoms with Crippen LogP contribution in [0.2, 0.25) is 0 Å². The first-order valence-electron chi connectivity index (χ1n) is 6.25. The number of carbonyl (C=O) groups excluding carboxylic acids is 1. The minimum atomic E-state index is -1.01. The molecule has 2 aromatic carbocycles. The van der Waals surface area contributed by atoms with E-state index in [0.29, 0.717) is 16.5 Å². The zero-order chi connectivity index (χ0) is 14.8. The molecule has 0 spiro atoms. The Kier molecular flexibility index (Phi) is 3.31. The highest BCUT2D eigenvalue weighted by atomic mass is 19.2. The minimum Gasteiger partial charge on any atom is -0.322 e. The fraction of sp³-hybridized carbons (Fsp3) is 0. The molecule has 1 aromatic heterocycles. The topological polar surface area (TPSA) is 42.0 Å². The minimum absolute atomic E-state index is 0.194. The Hall–Kier alpha value is -2.82. The summed E-state index contributed by atoms with van der Waals surface area (Å²) >= 11 is 0. The summed E-state index contributed by atoms with van der Waals surface area (Å²) in [5, 5.41) is 3.24. The van der Waals surface area contributed by atoms with Gasteiger partial charge in [-0.3, -0.25) is 9.78 Å². The fourth-order valence-corrected chi connectivity index (χ4v) is 2.07. The summed E-state index contributed by atoms with van der Waals surface area (Å²) in [5.41, 5.74) is 1.31. The highest BCUT2D eigenvalue weighted by molar-refractivity contribution is 6.12. The number of rotatable bonds is 2. The van der Waals surface area contributed by atoms with E-state index < -0.39 is 17.5 Å². The van der Waals surface area contributed by atoms with Gasteiger partial charge in [0.05, 0.1) is 5.52 Å². The molecule has 3 rings (SSSR count). The van der Waals surface area contributed by atoms with Crippen molar-refractivity contribution >= 4 is 22.5 Å². The van der Waals surface area contributed by atoms with Gasteiger partial charge >= 0.3 is 0 Å². The molecule has 0 bridgehead atoms. The molecule has 1 N–H and O–H groups in total. The number of nitrogens with one attached hydrogen (secondary N) is 1. The average molecular weight is 284 g/mol. The molecular weight excluding hydrogens is 274 g/mol. The van der Waals surface area contributed by atoms with Crippen LogP contribution >= 0.6 is 0 Å². The first-order chi connectivity index (χ1) is 10.1. The van der Waals surface area contributed by atoms with E-state index in [1.807, 2.05) is 0 Å². The first-order valence-corrected chi connectivity index (χ1v) is 6.25. The van der Waals surface area contributed by atoms with Crippen LogP contribution < -0.4 is 5.32 Å². The van der Waals surface area contributed by atoms with Crippen LogP contribution in [-0.4, -0.2) is 10.9 Å². The SMILES string of the molecule is O=C(Nc1ccc(F)c(F)c1)c1cccc2ncccc12. The number of hydrogen-bond acceptors (Lipinski definition) is 2. The third-order valence-corrected chi connectivity index (χ3v) is 3.07. The molecule has 0 unspecified atom stereocenters. The highest BCUT2D eigenvalue weighted by Crippen LogP contribution is 2.19. The average Bonchev–Trinajstić information content (AvgIpc) is 2.50. The fourth-order valence-electron chi connectivity index (χ4n) is 2.07. The smallest absolute Gasteiger partial charge is 0.256 e. The van der Waals surface area contributed by atoms with E-state index in [1.165, 1.54) is 6.07 Å². The summed E-state index contributed by atoms with van der Waals surface area (Å²) in [6.45, 7) is 0. The lowest BCUT2D eigenvalue weighted by Crippen LogP contribution is -2.12. The first kappa shape index (κ1) is 13.2. The second kappa shape index (κ2) is 5.28. The molecule has 0 aliphatic heterocycles. The number of nitrogens with zero attached hydrogens (tertiary/aromatic N) is 1. The lowest BCUT2D eigenvalue weighted by Gasteiger charge is -2.08. The molecule has 3 aromatic rings. The van der Waals surface area contributed by atoms with Crippen molar-refractivity contribution in [3.8, 4) is 0 Å². The molecule has 1 amide bonds. The van der Waals surface area contributed by atoms with Crippen molar-refractivity contribution in [2.24, 2.45) is 0 Å². The number of halogens is 2. The van der Waals surface area contributed by atoms with Crippen LogP contribution in [0.4, 0.5) is 14.5 Å². The number of amides is 1. The van der Waals surface area contributed by atoms with E-state index in [4.69, 9.17) is 0 Å². The van der Waals surface area contributed by atoms with Gasteiger partial charge < -0.3 is 5.32 Å². The van der Waals surface area contributed by atoms with Gasteiger partial charge in [0.25, 0.3) is 5.91 Å². The number of carbonyl (C=O) groups is 1. The van der Waals surface area contributed by atoms with E-state index in [-0.39, 0.29) is 5.69 Å². The number of aromatic nitrogens is 1. The lowest BCUT2D eigenvalue weighted by atomic mass is 10.1. The number of anilines is 1. The molecular formula is C16H10F2N2O. The molecule has 104 valence electrons. The molecule has 0 fully saturated rings. The number of benzene rings is 2. The van der Waals surface area contributed by atoms with Crippen molar-refractivity contribution < 1.29 is 13.6 Å². The summed E-state index contributed by atoms with van der Waals surface area (Å²) in [6.07, 6.45) is 1.64. The molecule has 0 saturated heterocycles. The van der Waals surface area contributed by atoms with Crippen LogP contribution in [0.15, 0.2) is 54.7 Å². The van der Waals surface area contributed by atoms with Gasteiger partial charge in [-0.05, 0) is 30.3 Å². The number of hydrogen-bond donors (Lipinski definition) is 1. The normalized spacial score (nSPS) is 10.6. The summed E-state index contributed by atoms with van der Waals surface area (Å²) in [7, 11) is 0. The largest absolute Gasteiger partial charge is 0.322 e. The second-order valence-electron chi connectivity index (χ2n) is 4.46. The summed E-state index contributed by atoms with van der Waals surface area (Å²) < 4.78 is 26.0. The van der Waals surface area contributed by atoms with Crippen LogP contribution in [0.3, 0.4) is 0 Å². The maximum Gasteiger partial charge on any atom is 0.256 e. The van der Waals surface area contributed by atoms with Gasteiger partial charge in [0.2, 0.25) is 0 Å². The van der Waals surface area contributed by atoms with E-state index in [2.05, 4.69) is 10.3 Å². The van der Waals surface area contributed by atoms with Crippen LogP contribution in [-0.2, 0) is 0 Å². The van der Waals surface area contributed by atoms with Crippen molar-refractivity contribution in [3.63, 3.8) is 0 Å². The molecule has 3 nitrogen and oxygen atoms in total. The quantitative estimate of drug-likeness (QED) is 0.778. The molecule has 0 radical (unpaired) electrons. The van der Waals surface area contributed by atoms with E-state index in [9.17, 15) is 13.6 Å². The summed E-state index contributed by atoms with van der Waals surface area (Å²) in [5.74, 6) is -2.37. The maximum absolute atomic E-state index is 13.1. The van der Waals surface area contributed by atoms with Gasteiger partial charge in [-0.15, -0.1) is 0 Å². The Bertz CT molecular complexity index is 828. The Morgan fingerprint density at radius 3 is 2.67 bits per heavy atom. The predicted molar refractivity (Wildman–Crippen MR) is 76.1 cm³/mol. The Balaban J connectivity index is 1.95. The standard InChI is InChI=1S/C16H10F2N2O/c17-13-7-6-10(9-14(13)18)20-16(21)12-3-1-5-15-11(12)4-2-8-19-15/h1-9H,(H,20,21). The van der Waals surface area contributed by atoms with E-state index in [0.717, 1.165) is 12.1 Å². The van der Waals surface area contributed by atoms with Crippen molar-refractivity contribution in [1.29, 1.82) is 0 Å². The van der Waals surface area contributed by atoms with Crippen molar-refractivity contribution in [2.75, 3.05) is 5.32 Å². The zero-order valence-corrected chi connectivity index (χ0v) is 10.8. The second-order valence-corrected chi connectivity index (χ2v) is 4.46. The molecule has 0 aliphatic rings. The van der Waals surface area contributed by atoms with Crippen LogP contribution in [0.5, 0.6) is 0 Å². The van der Waals surface area contributed by atoms with Gasteiger partial charge in [-0.1, -0.05) is 12.1 Å². The molecule has 5 heteroatoms. The molecule has 21 heavy (non-hydrogen) atoms. The Labute approximate surface area is 119 Å². The van der Waals surface area contributed by atoms with Crippen molar-refractivity contribution in [1.82, 2.24) is 4.98 Å². The molecule has 0 saturated carbocycles. The third kappa shape index (κ3) is 2.58. The third-order valence-electron chi connectivity index (χ3n) is 3.07. The molecule has 1 heterocycles. The van der Waals surface area contributed by atoms with Gasteiger partial charge in [-0.25, -0.2) is 8.78 Å². The maximum atomic E-state index is 13.1.